The molecule has 0 aliphatic carbocycles. The zero-order chi connectivity index (χ0) is 9.56. The van der Waals surface area contributed by atoms with Gasteiger partial charge in [0.15, 0.2) is 0 Å². The molecule has 0 bridgehead atoms. The molecule has 0 spiro atoms. The van der Waals surface area contributed by atoms with Crippen LogP contribution in [0.2, 0.25) is 0 Å². The van der Waals surface area contributed by atoms with Crippen molar-refractivity contribution in [2.75, 3.05) is 6.54 Å². The molecule has 0 rings (SSSR count). The van der Waals surface area contributed by atoms with Crippen LogP contribution in [0.3, 0.4) is 0 Å². The van der Waals surface area contributed by atoms with Gasteiger partial charge in [-0.1, -0.05) is 26.2 Å². The van der Waals surface area contributed by atoms with E-state index in [1.807, 2.05) is 13.8 Å². The predicted octanol–water partition coefficient (Wildman–Crippen LogP) is 0.708. The second-order valence-electron chi connectivity index (χ2n) is 2.79. The van der Waals surface area contributed by atoms with Gasteiger partial charge in [0.1, 0.15) is 6.04 Å². The van der Waals surface area contributed by atoms with Crippen LogP contribution in [0, 0.1) is 18.3 Å². The van der Waals surface area contributed by atoms with Gasteiger partial charge in [-0.2, -0.15) is 0 Å². The topological polar surface area (TPSA) is 49.3 Å². The predicted molar refractivity (Wildman–Crippen MR) is 47.7 cm³/mol. The van der Waals surface area contributed by atoms with E-state index < -0.39 is 12.0 Å². The maximum Gasteiger partial charge on any atom is 0.320 e. The zero-order valence-corrected chi connectivity index (χ0v) is 7.50. The Balaban J connectivity index is 4.05. The fourth-order valence-electron chi connectivity index (χ4n) is 0.936. The van der Waals surface area contributed by atoms with Gasteiger partial charge in [0.2, 0.25) is 0 Å². The van der Waals surface area contributed by atoms with Gasteiger partial charge in [-0.3, -0.25) is 10.1 Å². The van der Waals surface area contributed by atoms with E-state index in [2.05, 4.69) is 11.2 Å². The molecule has 3 nitrogen and oxygen atoms in total. The van der Waals surface area contributed by atoms with Crippen LogP contribution in [-0.2, 0) is 4.79 Å². The first-order valence-electron chi connectivity index (χ1n) is 4.03. The van der Waals surface area contributed by atoms with Crippen molar-refractivity contribution in [2.45, 2.75) is 26.3 Å². The number of carboxylic acid groups (broad SMARTS) is 1. The number of rotatable bonds is 5. The second kappa shape index (κ2) is 5.62. The molecule has 0 heterocycles. The molecular weight excluding hydrogens is 154 g/mol. The summed E-state index contributed by atoms with van der Waals surface area (Å²) in [6.45, 7) is 4.15. The van der Waals surface area contributed by atoms with E-state index in [0.717, 1.165) is 6.42 Å². The lowest BCUT2D eigenvalue weighted by Crippen LogP contribution is -2.41. The highest BCUT2D eigenvalue weighted by Crippen LogP contribution is 2.07. The van der Waals surface area contributed by atoms with E-state index in [4.69, 9.17) is 11.5 Å². The number of hydrogen-bond donors (Lipinski definition) is 2. The molecule has 12 heavy (non-hydrogen) atoms. The summed E-state index contributed by atoms with van der Waals surface area (Å²) in [4.78, 5) is 10.7. The van der Waals surface area contributed by atoms with Gasteiger partial charge in [0.05, 0.1) is 6.54 Å². The number of aliphatic carboxylic acids is 1. The van der Waals surface area contributed by atoms with E-state index in [9.17, 15) is 4.79 Å². The molecule has 0 aliphatic rings. The third-order valence-corrected chi connectivity index (χ3v) is 1.90. The van der Waals surface area contributed by atoms with Crippen LogP contribution in [0.1, 0.15) is 20.3 Å². The van der Waals surface area contributed by atoms with Gasteiger partial charge in [-0.25, -0.2) is 0 Å². The van der Waals surface area contributed by atoms with E-state index >= 15 is 0 Å². The first-order valence-corrected chi connectivity index (χ1v) is 4.03. The molecule has 68 valence electrons. The zero-order valence-electron chi connectivity index (χ0n) is 7.50. The maximum absolute atomic E-state index is 10.7. The Hall–Kier alpha value is -1.01. The van der Waals surface area contributed by atoms with Gasteiger partial charge < -0.3 is 5.11 Å². The van der Waals surface area contributed by atoms with Crippen LogP contribution in [0.5, 0.6) is 0 Å². The molecule has 2 atom stereocenters. The first kappa shape index (κ1) is 11.0. The second-order valence-corrected chi connectivity index (χ2v) is 2.79. The monoisotopic (exact) mass is 169 g/mol. The van der Waals surface area contributed by atoms with Gasteiger partial charge in [0, 0.05) is 0 Å². The van der Waals surface area contributed by atoms with Crippen molar-refractivity contribution in [3.63, 3.8) is 0 Å². The molecule has 0 amide bonds. The minimum absolute atomic E-state index is 0.107. The highest BCUT2D eigenvalue weighted by molar-refractivity contribution is 5.73. The van der Waals surface area contributed by atoms with E-state index in [0.29, 0.717) is 6.54 Å². The summed E-state index contributed by atoms with van der Waals surface area (Å²) in [5.74, 6) is 1.63. The number of terminal acetylenes is 1. The van der Waals surface area contributed by atoms with Crippen molar-refractivity contribution in [1.82, 2.24) is 5.32 Å². The average Bonchev–Trinajstić information content (AvgIpc) is 2.04. The maximum atomic E-state index is 10.7. The molecule has 0 aromatic carbocycles. The third kappa shape index (κ3) is 3.40. The Kier molecular flexibility index (Phi) is 5.14. The smallest absolute Gasteiger partial charge is 0.320 e. The summed E-state index contributed by atoms with van der Waals surface area (Å²) in [5, 5.41) is 11.6. The molecule has 0 aliphatic heterocycles. The van der Waals surface area contributed by atoms with Crippen LogP contribution in [-0.4, -0.2) is 23.7 Å². The Morgan fingerprint density at radius 2 is 2.33 bits per heavy atom. The summed E-state index contributed by atoms with van der Waals surface area (Å²) in [6.07, 6.45) is 5.84. The lowest BCUT2D eigenvalue weighted by atomic mass is 9.99. The minimum Gasteiger partial charge on any atom is -0.480 e. The van der Waals surface area contributed by atoms with Crippen LogP contribution < -0.4 is 5.32 Å². The standard InChI is InChI=1S/C9H15NO2/c1-4-6-10-8(9(11)12)7(3)5-2/h1,7-8,10H,5-6H2,2-3H3,(H,11,12). The Morgan fingerprint density at radius 1 is 1.75 bits per heavy atom. The molecule has 0 aromatic heterocycles. The molecule has 0 aromatic rings. The third-order valence-electron chi connectivity index (χ3n) is 1.90. The molecule has 0 saturated carbocycles. The largest absolute Gasteiger partial charge is 0.480 e. The van der Waals surface area contributed by atoms with E-state index in [1.54, 1.807) is 0 Å². The van der Waals surface area contributed by atoms with Gasteiger partial charge in [-0.15, -0.1) is 6.42 Å². The van der Waals surface area contributed by atoms with Crippen LogP contribution in [0.25, 0.3) is 0 Å². The van der Waals surface area contributed by atoms with Crippen LogP contribution >= 0.6 is 0 Å². The fourth-order valence-corrected chi connectivity index (χ4v) is 0.936. The molecule has 3 heteroatoms. The van der Waals surface area contributed by atoms with Crippen molar-refractivity contribution in [3.8, 4) is 12.3 Å². The van der Waals surface area contributed by atoms with Crippen molar-refractivity contribution in [1.29, 1.82) is 0 Å². The number of carbonyl (C=O) groups is 1. The lowest BCUT2D eigenvalue weighted by molar-refractivity contribution is -0.140. The highest BCUT2D eigenvalue weighted by atomic mass is 16.4. The highest BCUT2D eigenvalue weighted by Gasteiger charge is 2.21. The minimum atomic E-state index is -0.834. The SMILES string of the molecule is C#CCNC(C(=O)O)C(C)CC. The van der Waals surface area contributed by atoms with Gasteiger partial charge in [0.25, 0.3) is 0 Å². The Labute approximate surface area is 73.2 Å². The van der Waals surface area contributed by atoms with Gasteiger partial charge in [-0.05, 0) is 5.92 Å². The van der Waals surface area contributed by atoms with Crippen molar-refractivity contribution < 1.29 is 9.90 Å². The van der Waals surface area contributed by atoms with Crippen LogP contribution in [0.4, 0.5) is 0 Å². The number of nitrogens with one attached hydrogen (secondary N) is 1. The summed E-state index contributed by atoms with van der Waals surface area (Å²) in [7, 11) is 0. The molecular formula is C9H15NO2. The van der Waals surface area contributed by atoms with Gasteiger partial charge >= 0.3 is 5.97 Å². The summed E-state index contributed by atoms with van der Waals surface area (Å²) in [6, 6.07) is -0.522. The van der Waals surface area contributed by atoms with Crippen molar-refractivity contribution in [3.05, 3.63) is 0 Å². The number of carboxylic acids is 1. The Morgan fingerprint density at radius 3 is 2.67 bits per heavy atom. The first-order chi connectivity index (χ1) is 5.63. The summed E-state index contributed by atoms with van der Waals surface area (Å²) >= 11 is 0. The van der Waals surface area contributed by atoms with E-state index in [-0.39, 0.29) is 5.92 Å². The normalized spacial score (nSPS) is 14.8. The molecule has 0 saturated heterocycles. The lowest BCUT2D eigenvalue weighted by Gasteiger charge is -2.18. The number of hydrogen-bond acceptors (Lipinski definition) is 2. The fraction of sp³-hybridized carbons (Fsp3) is 0.667. The molecule has 2 unspecified atom stereocenters. The Bertz CT molecular complexity index is 183. The molecule has 0 fully saturated rings. The molecule has 2 N–H and O–H groups in total. The average molecular weight is 169 g/mol. The molecule has 0 radical (unpaired) electrons. The van der Waals surface area contributed by atoms with Crippen molar-refractivity contribution >= 4 is 5.97 Å². The summed E-state index contributed by atoms with van der Waals surface area (Å²) < 4.78 is 0. The van der Waals surface area contributed by atoms with E-state index in [1.165, 1.54) is 0 Å². The van der Waals surface area contributed by atoms with Crippen LogP contribution in [0.15, 0.2) is 0 Å². The summed E-state index contributed by atoms with van der Waals surface area (Å²) in [5.41, 5.74) is 0. The van der Waals surface area contributed by atoms with Crippen molar-refractivity contribution in [2.24, 2.45) is 5.92 Å². The quantitative estimate of drug-likeness (QED) is 0.596.